The molecule has 0 amide bonds. The zero-order chi connectivity index (χ0) is 8.81. The van der Waals surface area contributed by atoms with Gasteiger partial charge in [-0.1, -0.05) is 30.3 Å². The third-order valence-corrected chi connectivity index (χ3v) is 1.41. The molecule has 0 atom stereocenters. The molecule has 13 heavy (non-hydrogen) atoms. The maximum atomic E-state index is 10.7. The van der Waals surface area contributed by atoms with Crippen LogP contribution in [0.5, 0.6) is 0 Å². The number of hydrogen-bond donors (Lipinski definition) is 0. The van der Waals surface area contributed by atoms with E-state index in [-0.39, 0.29) is 57.4 Å². The molecule has 1 aromatic carbocycles. The zero-order valence-corrected chi connectivity index (χ0v) is 6.86. The molecular formula is C10H11KO2. The van der Waals surface area contributed by atoms with E-state index in [1.807, 2.05) is 30.3 Å². The molecule has 0 unspecified atom stereocenters. The van der Waals surface area contributed by atoms with Crippen molar-refractivity contribution in [2.75, 3.05) is 7.11 Å². The van der Waals surface area contributed by atoms with Crippen LogP contribution in [0.25, 0.3) is 6.08 Å². The van der Waals surface area contributed by atoms with Crippen LogP contribution in [0.2, 0.25) is 0 Å². The van der Waals surface area contributed by atoms with E-state index >= 15 is 0 Å². The van der Waals surface area contributed by atoms with Gasteiger partial charge in [-0.2, -0.15) is 0 Å². The van der Waals surface area contributed by atoms with Gasteiger partial charge in [0.15, 0.2) is 0 Å². The van der Waals surface area contributed by atoms with Gasteiger partial charge in [-0.05, 0) is 11.6 Å². The Kier molecular flexibility index (Phi) is 7.51. The fraction of sp³-hybridized carbons (Fsp3) is 0.100. The fourth-order valence-corrected chi connectivity index (χ4v) is 0.796. The maximum absolute atomic E-state index is 10.7. The molecule has 1 aromatic rings. The summed E-state index contributed by atoms with van der Waals surface area (Å²) in [5, 5.41) is 0. The number of ether oxygens (including phenoxy) is 1. The summed E-state index contributed by atoms with van der Waals surface area (Å²) >= 11 is 0. The minimum absolute atomic E-state index is 0. The fourth-order valence-electron chi connectivity index (χ4n) is 0.796. The molecule has 0 aliphatic carbocycles. The molecule has 1 rings (SSSR count). The molecule has 0 bridgehead atoms. The number of esters is 1. The van der Waals surface area contributed by atoms with E-state index < -0.39 is 0 Å². The molecule has 0 spiro atoms. The molecule has 3 heteroatoms. The quantitative estimate of drug-likeness (QED) is 0.409. The summed E-state index contributed by atoms with van der Waals surface area (Å²) in [5.41, 5.74) is 0.989. The Balaban J connectivity index is 0.00000144. The summed E-state index contributed by atoms with van der Waals surface area (Å²) in [6, 6.07) is 9.59. The molecule has 0 radical (unpaired) electrons. The number of methoxy groups -OCH3 is 1. The van der Waals surface area contributed by atoms with Crippen molar-refractivity contribution in [3.05, 3.63) is 42.0 Å². The van der Waals surface area contributed by atoms with E-state index in [2.05, 4.69) is 4.74 Å². The van der Waals surface area contributed by atoms with Crippen molar-refractivity contribution in [3.63, 3.8) is 0 Å². The molecule has 0 aliphatic heterocycles. The van der Waals surface area contributed by atoms with Gasteiger partial charge in [-0.3, -0.25) is 0 Å². The van der Waals surface area contributed by atoms with Crippen LogP contribution in [0.1, 0.15) is 5.56 Å². The first-order valence-corrected chi connectivity index (χ1v) is 3.64. The van der Waals surface area contributed by atoms with Gasteiger partial charge >= 0.3 is 57.4 Å². The normalized spacial score (nSPS) is 9.31. The van der Waals surface area contributed by atoms with Gasteiger partial charge in [0.25, 0.3) is 0 Å². The molecule has 2 nitrogen and oxygen atoms in total. The Morgan fingerprint density at radius 2 is 1.92 bits per heavy atom. The van der Waals surface area contributed by atoms with Crippen LogP contribution in [0.15, 0.2) is 36.4 Å². The summed E-state index contributed by atoms with van der Waals surface area (Å²) in [6.45, 7) is 0. The molecule has 64 valence electrons. The molecule has 0 saturated carbocycles. The first kappa shape index (κ1) is 13.1. The summed E-state index contributed by atoms with van der Waals surface area (Å²) < 4.78 is 4.45. The van der Waals surface area contributed by atoms with Gasteiger partial charge in [-0.15, -0.1) is 0 Å². The van der Waals surface area contributed by atoms with E-state index in [1.165, 1.54) is 13.2 Å². The zero-order valence-electron chi connectivity index (χ0n) is 6.86. The van der Waals surface area contributed by atoms with Crippen molar-refractivity contribution in [1.29, 1.82) is 0 Å². The standard InChI is InChI=1S/C10H10O2.K.H/c1-12-10(11)8-7-9-5-3-2-4-6-9;;/h2-8H,1H3;;/b8-7+;;. The number of carbonyl (C=O) groups is 1. The van der Waals surface area contributed by atoms with E-state index in [0.29, 0.717) is 0 Å². The van der Waals surface area contributed by atoms with Crippen LogP contribution in [0.3, 0.4) is 0 Å². The Hall–Kier alpha value is 0.0664. The minimum atomic E-state index is -0.334. The molecular weight excluding hydrogens is 191 g/mol. The van der Waals surface area contributed by atoms with Crippen LogP contribution in [-0.4, -0.2) is 64.5 Å². The Morgan fingerprint density at radius 3 is 2.46 bits per heavy atom. The van der Waals surface area contributed by atoms with Crippen molar-refractivity contribution in [2.24, 2.45) is 0 Å². The predicted octanol–water partition coefficient (Wildman–Crippen LogP) is 1.22. The van der Waals surface area contributed by atoms with Crippen molar-refractivity contribution in [2.45, 2.75) is 0 Å². The van der Waals surface area contributed by atoms with Crippen molar-refractivity contribution < 1.29 is 9.53 Å². The summed E-state index contributed by atoms with van der Waals surface area (Å²) in [7, 11) is 1.36. The second-order valence-electron chi connectivity index (χ2n) is 2.27. The molecule has 0 saturated heterocycles. The van der Waals surface area contributed by atoms with Gasteiger partial charge in [0.1, 0.15) is 0 Å². The molecule has 0 N–H and O–H groups in total. The third kappa shape index (κ3) is 5.39. The molecule has 0 aromatic heterocycles. The monoisotopic (exact) mass is 202 g/mol. The van der Waals surface area contributed by atoms with Crippen LogP contribution >= 0.6 is 0 Å². The van der Waals surface area contributed by atoms with Crippen LogP contribution < -0.4 is 0 Å². The number of hydrogen-bond acceptors (Lipinski definition) is 2. The van der Waals surface area contributed by atoms with Gasteiger partial charge in [0, 0.05) is 6.08 Å². The second-order valence-corrected chi connectivity index (χ2v) is 2.27. The van der Waals surface area contributed by atoms with Crippen molar-refractivity contribution in [1.82, 2.24) is 0 Å². The third-order valence-electron chi connectivity index (χ3n) is 1.41. The average Bonchev–Trinajstić information content (AvgIpc) is 2.16. The second kappa shape index (κ2) is 7.47. The van der Waals surface area contributed by atoms with Crippen molar-refractivity contribution >= 4 is 63.4 Å². The van der Waals surface area contributed by atoms with Gasteiger partial charge in [-0.25, -0.2) is 4.79 Å². The van der Waals surface area contributed by atoms with E-state index in [1.54, 1.807) is 6.08 Å². The molecule has 0 heterocycles. The Labute approximate surface area is 120 Å². The number of carbonyl (C=O) groups excluding carboxylic acids is 1. The van der Waals surface area contributed by atoms with E-state index in [4.69, 9.17) is 0 Å². The number of benzene rings is 1. The first-order valence-electron chi connectivity index (χ1n) is 3.64. The van der Waals surface area contributed by atoms with Crippen molar-refractivity contribution in [3.8, 4) is 0 Å². The predicted molar refractivity (Wildman–Crippen MR) is 54.6 cm³/mol. The van der Waals surface area contributed by atoms with Gasteiger partial charge < -0.3 is 4.74 Å². The van der Waals surface area contributed by atoms with Crippen LogP contribution in [0, 0.1) is 0 Å². The summed E-state index contributed by atoms with van der Waals surface area (Å²) in [6.07, 6.45) is 3.11. The van der Waals surface area contributed by atoms with E-state index in [9.17, 15) is 4.79 Å². The van der Waals surface area contributed by atoms with Gasteiger partial charge in [0.05, 0.1) is 7.11 Å². The summed E-state index contributed by atoms with van der Waals surface area (Å²) in [4.78, 5) is 10.7. The Bertz CT molecular complexity index is 280. The molecule has 0 fully saturated rings. The van der Waals surface area contributed by atoms with Crippen LogP contribution in [0.4, 0.5) is 0 Å². The first-order chi connectivity index (χ1) is 5.83. The summed E-state index contributed by atoms with van der Waals surface area (Å²) in [5.74, 6) is -0.334. The van der Waals surface area contributed by atoms with Crippen LogP contribution in [-0.2, 0) is 9.53 Å². The van der Waals surface area contributed by atoms with Gasteiger partial charge in [0.2, 0.25) is 0 Å². The van der Waals surface area contributed by atoms with E-state index in [0.717, 1.165) is 5.56 Å². The Morgan fingerprint density at radius 1 is 1.31 bits per heavy atom. The average molecular weight is 202 g/mol. The SMILES string of the molecule is COC(=O)/C=C/c1ccccc1.[KH]. The topological polar surface area (TPSA) is 26.3 Å². The number of rotatable bonds is 2. The molecule has 0 aliphatic rings.